The fourth-order valence-electron chi connectivity index (χ4n) is 3.01. The minimum Gasteiger partial charge on any atom is -0.302 e. The largest absolute Gasteiger partial charge is 0.302 e. The van der Waals surface area contributed by atoms with Gasteiger partial charge in [-0.3, -0.25) is 4.79 Å². The molecule has 0 spiro atoms. The Bertz CT molecular complexity index is 973. The summed E-state index contributed by atoms with van der Waals surface area (Å²) in [5.41, 5.74) is 3.22. The van der Waals surface area contributed by atoms with Crippen LogP contribution in [0.4, 0.5) is 17.1 Å². The highest BCUT2D eigenvalue weighted by molar-refractivity contribution is 6.37. The molecule has 0 aromatic heterocycles. The number of nitrogens with zero attached hydrogens (tertiary/aromatic N) is 3. The van der Waals surface area contributed by atoms with Crippen molar-refractivity contribution in [3.63, 3.8) is 0 Å². The fraction of sp³-hybridized carbons (Fsp3) is 0.0952. The molecule has 0 bridgehead atoms. The van der Waals surface area contributed by atoms with Crippen LogP contribution in [0.25, 0.3) is 0 Å². The Hall–Kier alpha value is -2.69. The second-order valence-electron chi connectivity index (χ2n) is 6.16. The van der Waals surface area contributed by atoms with Gasteiger partial charge in [0.25, 0.3) is 0 Å². The molecule has 0 aliphatic carbocycles. The smallest absolute Gasteiger partial charge is 0.248 e. The summed E-state index contributed by atoms with van der Waals surface area (Å²) in [5.74, 6) is -0.0962. The lowest BCUT2D eigenvalue weighted by Crippen LogP contribution is -2.56. The van der Waals surface area contributed by atoms with Gasteiger partial charge in [-0.15, -0.1) is 11.6 Å². The summed E-state index contributed by atoms with van der Waals surface area (Å²) >= 11 is 12.1. The SMILES string of the molecule is O=C1C(Cl)C(c2ccccc2)N1c1ccc(N=Nc2ccc(Cl)cc2)cc1. The lowest BCUT2D eigenvalue weighted by atomic mass is 9.92. The third kappa shape index (κ3) is 3.59. The van der Waals surface area contributed by atoms with Crippen molar-refractivity contribution in [2.75, 3.05) is 4.90 Å². The Morgan fingerprint density at radius 3 is 1.93 bits per heavy atom. The number of rotatable bonds is 4. The first kappa shape index (κ1) is 17.7. The second kappa shape index (κ2) is 7.51. The number of anilines is 1. The predicted molar refractivity (Wildman–Crippen MR) is 108 cm³/mol. The number of benzene rings is 3. The van der Waals surface area contributed by atoms with Crippen LogP contribution in [0.5, 0.6) is 0 Å². The number of azo groups is 1. The van der Waals surface area contributed by atoms with E-state index in [0.717, 1.165) is 16.9 Å². The van der Waals surface area contributed by atoms with Gasteiger partial charge in [0.05, 0.1) is 17.4 Å². The maximum atomic E-state index is 12.3. The van der Waals surface area contributed by atoms with Gasteiger partial charge in [0, 0.05) is 10.7 Å². The fourth-order valence-corrected chi connectivity index (χ4v) is 3.50. The van der Waals surface area contributed by atoms with E-state index >= 15 is 0 Å². The van der Waals surface area contributed by atoms with Crippen molar-refractivity contribution in [1.82, 2.24) is 0 Å². The third-order valence-electron chi connectivity index (χ3n) is 4.41. The highest BCUT2D eigenvalue weighted by Crippen LogP contribution is 2.42. The van der Waals surface area contributed by atoms with E-state index in [2.05, 4.69) is 10.2 Å². The van der Waals surface area contributed by atoms with E-state index in [1.165, 1.54) is 0 Å². The standard InChI is InChI=1S/C21H15Cl2N3O/c22-15-6-8-16(9-7-15)24-25-17-10-12-18(13-11-17)26-20(19(23)21(26)27)14-4-2-1-3-5-14/h1-13,19-20H. The van der Waals surface area contributed by atoms with Crippen LogP contribution < -0.4 is 4.90 Å². The average molecular weight is 396 g/mol. The van der Waals surface area contributed by atoms with E-state index in [1.807, 2.05) is 54.6 Å². The number of alkyl halides is 1. The van der Waals surface area contributed by atoms with Gasteiger partial charge in [-0.2, -0.15) is 10.2 Å². The number of β-lactam (4-membered cyclic amide) rings is 1. The van der Waals surface area contributed by atoms with Crippen molar-refractivity contribution in [1.29, 1.82) is 0 Å². The van der Waals surface area contributed by atoms with Crippen LogP contribution in [0.2, 0.25) is 5.02 Å². The zero-order chi connectivity index (χ0) is 18.8. The summed E-state index contributed by atoms with van der Waals surface area (Å²) < 4.78 is 0. The monoisotopic (exact) mass is 395 g/mol. The maximum absolute atomic E-state index is 12.3. The Balaban J connectivity index is 1.53. The molecule has 0 N–H and O–H groups in total. The molecule has 1 amide bonds. The van der Waals surface area contributed by atoms with Crippen molar-refractivity contribution in [2.24, 2.45) is 10.2 Å². The number of carbonyl (C=O) groups is 1. The van der Waals surface area contributed by atoms with E-state index in [-0.39, 0.29) is 11.9 Å². The first-order chi connectivity index (χ1) is 13.1. The van der Waals surface area contributed by atoms with Crippen LogP contribution in [-0.4, -0.2) is 11.3 Å². The van der Waals surface area contributed by atoms with E-state index in [9.17, 15) is 4.79 Å². The van der Waals surface area contributed by atoms with Crippen molar-refractivity contribution in [2.45, 2.75) is 11.4 Å². The van der Waals surface area contributed by atoms with Gasteiger partial charge in [0.15, 0.2) is 0 Å². The van der Waals surface area contributed by atoms with E-state index in [1.54, 1.807) is 29.2 Å². The molecule has 27 heavy (non-hydrogen) atoms. The van der Waals surface area contributed by atoms with Crippen molar-refractivity contribution >= 4 is 46.2 Å². The Labute approximate surface area is 167 Å². The zero-order valence-corrected chi connectivity index (χ0v) is 15.7. The first-order valence-corrected chi connectivity index (χ1v) is 9.24. The van der Waals surface area contributed by atoms with E-state index < -0.39 is 5.38 Å². The second-order valence-corrected chi connectivity index (χ2v) is 7.06. The summed E-state index contributed by atoms with van der Waals surface area (Å²) in [5, 5.41) is 8.51. The molecular formula is C21H15Cl2N3O. The predicted octanol–water partition coefficient (Wildman–Crippen LogP) is 6.45. The molecule has 6 heteroatoms. The number of carbonyl (C=O) groups excluding carboxylic acids is 1. The van der Waals surface area contributed by atoms with E-state index in [0.29, 0.717) is 10.7 Å². The molecule has 3 aromatic rings. The zero-order valence-electron chi connectivity index (χ0n) is 14.2. The molecule has 4 nitrogen and oxygen atoms in total. The topological polar surface area (TPSA) is 45.0 Å². The molecule has 2 atom stereocenters. The minimum absolute atomic E-state index is 0.0962. The van der Waals surface area contributed by atoms with Gasteiger partial charge in [0.2, 0.25) is 5.91 Å². The first-order valence-electron chi connectivity index (χ1n) is 8.43. The molecular weight excluding hydrogens is 381 g/mol. The van der Waals surface area contributed by atoms with E-state index in [4.69, 9.17) is 23.2 Å². The van der Waals surface area contributed by atoms with Crippen molar-refractivity contribution < 1.29 is 4.79 Å². The molecule has 134 valence electrons. The molecule has 1 aliphatic heterocycles. The molecule has 0 radical (unpaired) electrons. The molecule has 1 fully saturated rings. The Kier molecular flexibility index (Phi) is 4.92. The summed E-state index contributed by atoms with van der Waals surface area (Å²) in [7, 11) is 0. The Morgan fingerprint density at radius 1 is 0.778 bits per heavy atom. The van der Waals surface area contributed by atoms with Crippen LogP contribution in [0, 0.1) is 0 Å². The van der Waals surface area contributed by atoms with Crippen LogP contribution >= 0.6 is 23.2 Å². The molecule has 0 saturated carbocycles. The summed E-state index contributed by atoms with van der Waals surface area (Å²) in [4.78, 5) is 14.0. The molecule has 4 rings (SSSR count). The van der Waals surface area contributed by atoms with Gasteiger partial charge in [-0.25, -0.2) is 0 Å². The maximum Gasteiger partial charge on any atom is 0.248 e. The lowest BCUT2D eigenvalue weighted by Gasteiger charge is -2.44. The van der Waals surface area contributed by atoms with Crippen LogP contribution in [0.1, 0.15) is 11.6 Å². The van der Waals surface area contributed by atoms with Crippen molar-refractivity contribution in [3.8, 4) is 0 Å². The van der Waals surface area contributed by atoms with Gasteiger partial charge in [-0.1, -0.05) is 41.9 Å². The van der Waals surface area contributed by atoms with Crippen molar-refractivity contribution in [3.05, 3.63) is 89.4 Å². The number of hydrogen-bond acceptors (Lipinski definition) is 3. The highest BCUT2D eigenvalue weighted by atomic mass is 35.5. The van der Waals surface area contributed by atoms with Gasteiger partial charge in [0.1, 0.15) is 5.38 Å². The molecule has 3 aromatic carbocycles. The van der Waals surface area contributed by atoms with Gasteiger partial charge < -0.3 is 4.90 Å². The summed E-state index contributed by atoms with van der Waals surface area (Å²) in [6.45, 7) is 0. The molecule has 2 unspecified atom stereocenters. The molecule has 1 saturated heterocycles. The summed E-state index contributed by atoms with van der Waals surface area (Å²) in [6, 6.07) is 24.1. The minimum atomic E-state index is -0.545. The lowest BCUT2D eigenvalue weighted by molar-refractivity contribution is -0.123. The van der Waals surface area contributed by atoms with Gasteiger partial charge in [-0.05, 0) is 54.1 Å². The van der Waals surface area contributed by atoms with Crippen LogP contribution in [0.15, 0.2) is 89.1 Å². The Morgan fingerprint density at radius 2 is 1.33 bits per heavy atom. The van der Waals surface area contributed by atoms with Crippen LogP contribution in [-0.2, 0) is 4.79 Å². The summed E-state index contributed by atoms with van der Waals surface area (Å²) in [6.07, 6.45) is 0. The molecule has 1 heterocycles. The quantitative estimate of drug-likeness (QED) is 0.284. The van der Waals surface area contributed by atoms with Crippen LogP contribution in [0.3, 0.4) is 0 Å². The van der Waals surface area contributed by atoms with Gasteiger partial charge >= 0.3 is 0 Å². The third-order valence-corrected chi connectivity index (χ3v) is 5.08. The molecule has 1 aliphatic rings. The normalized spacial score (nSPS) is 19.3. The number of hydrogen-bond donors (Lipinski definition) is 0. The highest BCUT2D eigenvalue weighted by Gasteiger charge is 2.47. The number of amides is 1. The number of halogens is 2. The average Bonchev–Trinajstić information content (AvgIpc) is 2.72.